The van der Waals surface area contributed by atoms with Gasteiger partial charge in [-0.05, 0) is 40.8 Å². The van der Waals surface area contributed by atoms with Crippen molar-refractivity contribution < 1.29 is 22.7 Å². The third kappa shape index (κ3) is 8.18. The van der Waals surface area contributed by atoms with Crippen molar-refractivity contribution in [2.45, 2.75) is 45.0 Å². The van der Waals surface area contributed by atoms with E-state index in [9.17, 15) is 18.0 Å². The van der Waals surface area contributed by atoms with Gasteiger partial charge in [0.05, 0.1) is 19.1 Å². The topological polar surface area (TPSA) is 60.4 Å². The van der Waals surface area contributed by atoms with Crippen molar-refractivity contribution >= 4 is 36.0 Å². The first-order valence-electron chi connectivity index (χ1n) is 9.23. The molecule has 0 aliphatic carbocycles. The lowest BCUT2D eigenvalue weighted by Gasteiger charge is -2.39. The van der Waals surface area contributed by atoms with Crippen LogP contribution in [0.15, 0.2) is 4.99 Å². The predicted octanol–water partition coefficient (Wildman–Crippen LogP) is 2.37. The summed E-state index contributed by atoms with van der Waals surface area (Å²) in [5.74, 6) is 0.766. The SMILES string of the molecule is CN(CCCNC1=NCC2CN(C(=O)OC(C)(C)C)CCN12)CC(F)(F)F.I. The fraction of sp³-hybridized carbons (Fsp3) is 0.882. The van der Waals surface area contributed by atoms with Crippen molar-refractivity contribution in [2.75, 3.05) is 52.9 Å². The zero-order chi connectivity index (χ0) is 20.2. The number of carbonyl (C=O) groups is 1. The summed E-state index contributed by atoms with van der Waals surface area (Å²) in [4.78, 5) is 21.8. The van der Waals surface area contributed by atoms with E-state index in [4.69, 9.17) is 4.74 Å². The number of nitrogens with zero attached hydrogens (tertiary/aromatic N) is 4. The van der Waals surface area contributed by atoms with Crippen molar-refractivity contribution in [2.24, 2.45) is 4.99 Å². The molecule has 1 fully saturated rings. The van der Waals surface area contributed by atoms with E-state index < -0.39 is 18.3 Å². The molecule has 1 saturated heterocycles. The van der Waals surface area contributed by atoms with Crippen molar-refractivity contribution in [3.05, 3.63) is 0 Å². The van der Waals surface area contributed by atoms with Crippen LogP contribution in [0.25, 0.3) is 0 Å². The van der Waals surface area contributed by atoms with Crippen molar-refractivity contribution in [3.63, 3.8) is 0 Å². The summed E-state index contributed by atoms with van der Waals surface area (Å²) in [7, 11) is 1.46. The Labute approximate surface area is 181 Å². The van der Waals surface area contributed by atoms with E-state index in [2.05, 4.69) is 15.2 Å². The maximum Gasteiger partial charge on any atom is 0.410 e. The first-order valence-corrected chi connectivity index (χ1v) is 9.23. The Hall–Kier alpha value is -0.980. The molecule has 2 heterocycles. The van der Waals surface area contributed by atoms with E-state index >= 15 is 0 Å². The van der Waals surface area contributed by atoms with E-state index in [1.165, 1.54) is 11.9 Å². The van der Waals surface area contributed by atoms with E-state index in [0.29, 0.717) is 45.7 Å². The minimum atomic E-state index is -4.17. The molecule has 2 aliphatic rings. The smallest absolute Gasteiger partial charge is 0.410 e. The summed E-state index contributed by atoms with van der Waals surface area (Å²) >= 11 is 0. The van der Waals surface area contributed by atoms with Gasteiger partial charge in [0.2, 0.25) is 0 Å². The van der Waals surface area contributed by atoms with Gasteiger partial charge in [0.1, 0.15) is 5.60 Å². The Morgan fingerprint density at radius 2 is 2.00 bits per heavy atom. The molecule has 0 bridgehead atoms. The molecule has 7 nitrogen and oxygen atoms in total. The Balaban J connectivity index is 0.00000392. The zero-order valence-corrected chi connectivity index (χ0v) is 19.2. The lowest BCUT2D eigenvalue weighted by atomic mass is 10.2. The Bertz CT molecular complexity index is 554. The Morgan fingerprint density at radius 3 is 2.61 bits per heavy atom. The molecule has 0 saturated carbocycles. The van der Waals surface area contributed by atoms with Gasteiger partial charge < -0.3 is 19.9 Å². The monoisotopic (exact) mass is 521 g/mol. The normalized spacial score (nSPS) is 19.9. The number of ether oxygens (including phenoxy) is 1. The highest BCUT2D eigenvalue weighted by Crippen LogP contribution is 2.19. The van der Waals surface area contributed by atoms with Gasteiger partial charge >= 0.3 is 12.3 Å². The Morgan fingerprint density at radius 1 is 1.32 bits per heavy atom. The number of carbonyl (C=O) groups excluding carboxylic acids is 1. The van der Waals surface area contributed by atoms with Gasteiger partial charge in [0.25, 0.3) is 0 Å². The largest absolute Gasteiger partial charge is 0.444 e. The van der Waals surface area contributed by atoms with Crippen LogP contribution in [-0.4, -0.2) is 97.4 Å². The molecule has 0 aromatic carbocycles. The van der Waals surface area contributed by atoms with E-state index in [1.54, 1.807) is 4.90 Å². The number of hydrogen-bond donors (Lipinski definition) is 1. The molecule has 164 valence electrons. The van der Waals surface area contributed by atoms with Gasteiger partial charge in [0.15, 0.2) is 5.96 Å². The van der Waals surface area contributed by atoms with Crippen molar-refractivity contribution in [3.8, 4) is 0 Å². The van der Waals surface area contributed by atoms with Gasteiger partial charge in [-0.15, -0.1) is 24.0 Å². The molecule has 1 N–H and O–H groups in total. The molecule has 1 amide bonds. The van der Waals surface area contributed by atoms with Crippen LogP contribution in [0.2, 0.25) is 0 Å². The summed E-state index contributed by atoms with van der Waals surface area (Å²) in [6.07, 6.45) is -3.89. The second-order valence-corrected chi connectivity index (χ2v) is 8.07. The number of rotatable bonds is 5. The van der Waals surface area contributed by atoms with Crippen LogP contribution in [0.3, 0.4) is 0 Å². The highest BCUT2D eigenvalue weighted by Gasteiger charge is 2.36. The molecule has 0 aromatic rings. The number of halogens is 4. The Kier molecular flexibility index (Phi) is 9.10. The average Bonchev–Trinajstić information content (AvgIpc) is 2.90. The first kappa shape index (κ1) is 25.1. The minimum absolute atomic E-state index is 0. The molecule has 0 spiro atoms. The number of hydrogen-bond acceptors (Lipinski definition) is 6. The van der Waals surface area contributed by atoms with Gasteiger partial charge in [0, 0.05) is 26.2 Å². The summed E-state index contributed by atoms with van der Waals surface area (Å²) < 4.78 is 42.3. The lowest BCUT2D eigenvalue weighted by Crippen LogP contribution is -2.57. The molecule has 11 heteroatoms. The number of nitrogens with one attached hydrogen (secondary N) is 1. The van der Waals surface area contributed by atoms with Crippen LogP contribution in [0.1, 0.15) is 27.2 Å². The first-order chi connectivity index (χ1) is 12.4. The number of alkyl halides is 3. The number of guanidine groups is 1. The number of piperazine rings is 1. The summed E-state index contributed by atoms with van der Waals surface area (Å²) in [6.45, 7) is 7.89. The molecule has 28 heavy (non-hydrogen) atoms. The number of aliphatic imine (C=N–C) groups is 1. The van der Waals surface area contributed by atoms with Gasteiger partial charge in [-0.1, -0.05) is 0 Å². The molecular formula is C17H31F3IN5O2. The third-order valence-electron chi connectivity index (χ3n) is 4.31. The molecule has 1 unspecified atom stereocenters. The van der Waals surface area contributed by atoms with Crippen LogP contribution in [0.5, 0.6) is 0 Å². The van der Waals surface area contributed by atoms with E-state index in [0.717, 1.165) is 5.96 Å². The van der Waals surface area contributed by atoms with Crippen LogP contribution in [-0.2, 0) is 4.74 Å². The predicted molar refractivity (Wildman–Crippen MR) is 112 cm³/mol. The highest BCUT2D eigenvalue weighted by atomic mass is 127. The van der Waals surface area contributed by atoms with Gasteiger partial charge in [-0.2, -0.15) is 13.2 Å². The molecule has 2 aliphatic heterocycles. The summed E-state index contributed by atoms with van der Waals surface area (Å²) in [6, 6.07) is 0.113. The number of fused-ring (bicyclic) bond motifs is 1. The molecular weight excluding hydrogens is 490 g/mol. The molecule has 0 radical (unpaired) electrons. The van der Waals surface area contributed by atoms with Crippen LogP contribution in [0, 0.1) is 0 Å². The van der Waals surface area contributed by atoms with Gasteiger partial charge in [-0.25, -0.2) is 4.79 Å². The zero-order valence-electron chi connectivity index (χ0n) is 16.9. The van der Waals surface area contributed by atoms with E-state index in [-0.39, 0.29) is 36.1 Å². The summed E-state index contributed by atoms with van der Waals surface area (Å²) in [5.41, 5.74) is -0.521. The lowest BCUT2D eigenvalue weighted by molar-refractivity contribution is -0.143. The molecule has 2 rings (SSSR count). The maximum absolute atomic E-state index is 12.3. The van der Waals surface area contributed by atoms with Crippen LogP contribution < -0.4 is 5.32 Å². The quantitative estimate of drug-likeness (QED) is 0.445. The number of amides is 1. The van der Waals surface area contributed by atoms with Crippen LogP contribution in [0.4, 0.5) is 18.0 Å². The van der Waals surface area contributed by atoms with E-state index in [1.807, 2.05) is 20.8 Å². The third-order valence-corrected chi connectivity index (χ3v) is 4.31. The van der Waals surface area contributed by atoms with Gasteiger partial charge in [-0.3, -0.25) is 9.89 Å². The fourth-order valence-corrected chi connectivity index (χ4v) is 3.16. The van der Waals surface area contributed by atoms with Crippen LogP contribution >= 0.6 is 24.0 Å². The van der Waals surface area contributed by atoms with Crippen molar-refractivity contribution in [1.82, 2.24) is 20.0 Å². The second kappa shape index (κ2) is 10.2. The minimum Gasteiger partial charge on any atom is -0.444 e. The highest BCUT2D eigenvalue weighted by molar-refractivity contribution is 14.0. The average molecular weight is 521 g/mol. The standard InChI is InChI=1S/C17H30F3N5O2.HI/c1-16(2,3)27-15(26)24-8-9-25-13(11-24)10-22-14(25)21-6-5-7-23(4)12-17(18,19)20;/h13H,5-12H2,1-4H3,(H,21,22);1H. The fourth-order valence-electron chi connectivity index (χ4n) is 3.16. The molecule has 1 atom stereocenters. The molecule has 0 aromatic heterocycles. The van der Waals surface area contributed by atoms with Crippen molar-refractivity contribution in [1.29, 1.82) is 0 Å². The summed E-state index contributed by atoms with van der Waals surface area (Å²) in [5, 5.41) is 3.21. The maximum atomic E-state index is 12.3. The second-order valence-electron chi connectivity index (χ2n) is 8.07.